The second-order valence-electron chi connectivity index (χ2n) is 7.07. The summed E-state index contributed by atoms with van der Waals surface area (Å²) in [5, 5.41) is 3.20. The van der Waals surface area contributed by atoms with Gasteiger partial charge in [-0.15, -0.1) is 11.3 Å². The molecule has 0 atom stereocenters. The maximum Gasteiger partial charge on any atom is 0.253 e. The standard InChI is InChI=1S/C19H22FN3O2S/c1-14-21-16(12-26-14)10-22-7-5-19(6-8-22)13-23(18(24)11-25-19)17-4-2-3-15(20)9-17/h2-4,9,12H,5-8,10-11,13H2,1H3. The number of likely N-dealkylation sites (tertiary alicyclic amines) is 1. The van der Waals surface area contributed by atoms with E-state index in [-0.39, 0.29) is 23.9 Å². The fourth-order valence-electron chi connectivity index (χ4n) is 3.73. The quantitative estimate of drug-likeness (QED) is 0.827. The number of halogens is 1. The summed E-state index contributed by atoms with van der Waals surface area (Å²) in [5.41, 5.74) is 1.39. The molecule has 2 aliphatic rings. The van der Waals surface area contributed by atoms with Gasteiger partial charge in [0.2, 0.25) is 0 Å². The highest BCUT2D eigenvalue weighted by Gasteiger charge is 2.42. The van der Waals surface area contributed by atoms with Gasteiger partial charge in [0.1, 0.15) is 12.4 Å². The third kappa shape index (κ3) is 3.65. The minimum Gasteiger partial charge on any atom is -0.363 e. The number of ether oxygens (including phenoxy) is 1. The molecule has 3 heterocycles. The molecule has 138 valence electrons. The zero-order valence-electron chi connectivity index (χ0n) is 14.8. The van der Waals surface area contributed by atoms with E-state index in [4.69, 9.17) is 4.74 Å². The van der Waals surface area contributed by atoms with Gasteiger partial charge in [-0.3, -0.25) is 9.69 Å². The summed E-state index contributed by atoms with van der Waals surface area (Å²) in [6, 6.07) is 6.22. The number of piperidine rings is 1. The van der Waals surface area contributed by atoms with E-state index in [0.717, 1.165) is 43.2 Å². The van der Waals surface area contributed by atoms with Crippen LogP contribution < -0.4 is 4.90 Å². The summed E-state index contributed by atoms with van der Waals surface area (Å²) >= 11 is 1.68. The van der Waals surface area contributed by atoms with Crippen LogP contribution in [-0.4, -0.2) is 47.6 Å². The van der Waals surface area contributed by atoms with Crippen molar-refractivity contribution in [3.8, 4) is 0 Å². The molecule has 2 aliphatic heterocycles. The van der Waals surface area contributed by atoms with E-state index in [1.807, 2.05) is 6.92 Å². The highest BCUT2D eigenvalue weighted by molar-refractivity contribution is 7.09. The molecule has 26 heavy (non-hydrogen) atoms. The highest BCUT2D eigenvalue weighted by atomic mass is 32.1. The maximum atomic E-state index is 13.6. The molecule has 1 amide bonds. The molecule has 7 heteroatoms. The molecule has 0 radical (unpaired) electrons. The van der Waals surface area contributed by atoms with E-state index in [1.165, 1.54) is 12.1 Å². The third-order valence-electron chi connectivity index (χ3n) is 5.19. The maximum absolute atomic E-state index is 13.6. The fraction of sp³-hybridized carbons (Fsp3) is 0.474. The number of anilines is 1. The number of aromatic nitrogens is 1. The number of thiazole rings is 1. The van der Waals surface area contributed by atoms with Gasteiger partial charge < -0.3 is 9.64 Å². The van der Waals surface area contributed by atoms with Crippen molar-refractivity contribution in [1.29, 1.82) is 0 Å². The van der Waals surface area contributed by atoms with Crippen LogP contribution in [0.4, 0.5) is 10.1 Å². The van der Waals surface area contributed by atoms with Gasteiger partial charge in [-0.05, 0) is 38.0 Å². The van der Waals surface area contributed by atoms with E-state index in [9.17, 15) is 9.18 Å². The number of morpholine rings is 1. The van der Waals surface area contributed by atoms with E-state index in [1.54, 1.807) is 28.4 Å². The van der Waals surface area contributed by atoms with Crippen molar-refractivity contribution in [2.75, 3.05) is 31.1 Å². The highest BCUT2D eigenvalue weighted by Crippen LogP contribution is 2.33. The number of carbonyl (C=O) groups excluding carboxylic acids is 1. The number of hydrogen-bond donors (Lipinski definition) is 0. The molecule has 2 saturated heterocycles. The lowest BCUT2D eigenvalue weighted by atomic mass is 9.89. The molecule has 0 aliphatic carbocycles. The fourth-order valence-corrected chi connectivity index (χ4v) is 4.33. The Bertz CT molecular complexity index is 802. The van der Waals surface area contributed by atoms with Crippen molar-refractivity contribution in [2.45, 2.75) is 31.9 Å². The lowest BCUT2D eigenvalue weighted by Crippen LogP contribution is -2.58. The van der Waals surface area contributed by atoms with Gasteiger partial charge in [0.25, 0.3) is 5.91 Å². The molecule has 4 rings (SSSR count). The number of carbonyl (C=O) groups is 1. The Morgan fingerprint density at radius 2 is 2.15 bits per heavy atom. The minimum absolute atomic E-state index is 0.0573. The van der Waals surface area contributed by atoms with E-state index < -0.39 is 0 Å². The number of rotatable bonds is 3. The summed E-state index contributed by atoms with van der Waals surface area (Å²) in [6.45, 7) is 5.23. The average Bonchev–Trinajstić information content (AvgIpc) is 3.04. The molecule has 0 N–H and O–H groups in total. The Morgan fingerprint density at radius 3 is 2.85 bits per heavy atom. The van der Waals surface area contributed by atoms with E-state index >= 15 is 0 Å². The van der Waals surface area contributed by atoms with Gasteiger partial charge in [0.05, 0.1) is 22.8 Å². The predicted octanol–water partition coefficient (Wildman–Crippen LogP) is 2.99. The Morgan fingerprint density at radius 1 is 1.35 bits per heavy atom. The second-order valence-corrected chi connectivity index (χ2v) is 8.13. The van der Waals surface area contributed by atoms with Gasteiger partial charge in [-0.2, -0.15) is 0 Å². The van der Waals surface area contributed by atoms with Crippen LogP contribution in [0, 0.1) is 12.7 Å². The van der Waals surface area contributed by atoms with Gasteiger partial charge in [-0.1, -0.05) is 6.07 Å². The van der Waals surface area contributed by atoms with Crippen LogP contribution in [0.15, 0.2) is 29.6 Å². The predicted molar refractivity (Wildman–Crippen MR) is 98.8 cm³/mol. The summed E-state index contributed by atoms with van der Waals surface area (Å²) < 4.78 is 19.5. The Balaban J connectivity index is 1.42. The summed E-state index contributed by atoms with van der Waals surface area (Å²) in [5.74, 6) is -0.439. The number of benzene rings is 1. The molecule has 5 nitrogen and oxygen atoms in total. The first kappa shape index (κ1) is 17.6. The molecule has 0 saturated carbocycles. The first-order valence-corrected chi connectivity index (χ1v) is 9.74. The molecular weight excluding hydrogens is 353 g/mol. The zero-order valence-corrected chi connectivity index (χ0v) is 15.6. The van der Waals surface area contributed by atoms with Crippen LogP contribution in [0.3, 0.4) is 0 Å². The van der Waals surface area contributed by atoms with Gasteiger partial charge >= 0.3 is 0 Å². The number of amides is 1. The number of hydrogen-bond acceptors (Lipinski definition) is 5. The average molecular weight is 375 g/mol. The summed E-state index contributed by atoms with van der Waals surface area (Å²) in [4.78, 5) is 20.9. The smallest absolute Gasteiger partial charge is 0.253 e. The summed E-state index contributed by atoms with van der Waals surface area (Å²) in [7, 11) is 0. The number of aryl methyl sites for hydroxylation is 1. The minimum atomic E-state index is -0.339. The number of nitrogens with zero attached hydrogens (tertiary/aromatic N) is 3. The Labute approximate surface area is 156 Å². The van der Waals surface area contributed by atoms with Crippen LogP contribution >= 0.6 is 11.3 Å². The first-order valence-electron chi connectivity index (χ1n) is 8.86. The van der Waals surface area contributed by atoms with Crippen LogP contribution in [0.5, 0.6) is 0 Å². The van der Waals surface area contributed by atoms with Crippen molar-refractivity contribution in [2.24, 2.45) is 0 Å². The van der Waals surface area contributed by atoms with E-state index in [2.05, 4.69) is 15.3 Å². The largest absolute Gasteiger partial charge is 0.363 e. The molecule has 0 bridgehead atoms. The first-order chi connectivity index (χ1) is 12.5. The molecule has 1 aromatic carbocycles. The lowest BCUT2D eigenvalue weighted by molar-refractivity contribution is -0.145. The van der Waals surface area contributed by atoms with Crippen molar-refractivity contribution < 1.29 is 13.9 Å². The molecule has 1 aromatic heterocycles. The Hall–Kier alpha value is -1.83. The Kier molecular flexibility index (Phi) is 4.77. The monoisotopic (exact) mass is 375 g/mol. The normalized spacial score (nSPS) is 20.7. The van der Waals surface area contributed by atoms with Crippen molar-refractivity contribution in [3.05, 3.63) is 46.2 Å². The second kappa shape index (κ2) is 7.06. The van der Waals surface area contributed by atoms with Crippen molar-refractivity contribution in [3.63, 3.8) is 0 Å². The molecule has 2 fully saturated rings. The lowest BCUT2D eigenvalue weighted by Gasteiger charge is -2.46. The van der Waals surface area contributed by atoms with Crippen LogP contribution in [0.1, 0.15) is 23.5 Å². The molecule has 1 spiro atoms. The molecule has 0 unspecified atom stereocenters. The van der Waals surface area contributed by atoms with Crippen molar-refractivity contribution in [1.82, 2.24) is 9.88 Å². The van der Waals surface area contributed by atoms with Gasteiger partial charge in [0, 0.05) is 30.7 Å². The molecule has 2 aromatic rings. The van der Waals surface area contributed by atoms with Gasteiger partial charge in [0.15, 0.2) is 0 Å². The van der Waals surface area contributed by atoms with Crippen LogP contribution in [0.2, 0.25) is 0 Å². The summed E-state index contributed by atoms with van der Waals surface area (Å²) in [6.07, 6.45) is 1.71. The SMILES string of the molecule is Cc1nc(CN2CCC3(CC2)CN(c2cccc(F)c2)C(=O)CO3)cs1. The topological polar surface area (TPSA) is 45.7 Å². The molecular formula is C19H22FN3O2S. The van der Waals surface area contributed by atoms with Gasteiger partial charge in [-0.25, -0.2) is 9.37 Å². The zero-order chi connectivity index (χ0) is 18.1. The van der Waals surface area contributed by atoms with Crippen LogP contribution in [0.25, 0.3) is 0 Å². The van der Waals surface area contributed by atoms with Crippen LogP contribution in [-0.2, 0) is 16.1 Å². The van der Waals surface area contributed by atoms with E-state index in [0.29, 0.717) is 12.2 Å². The van der Waals surface area contributed by atoms with Crippen molar-refractivity contribution >= 4 is 22.9 Å². The third-order valence-corrected chi connectivity index (χ3v) is 6.01.